The average molecular weight is 286 g/mol. The Bertz CT molecular complexity index is 383. The highest BCUT2D eigenvalue weighted by Crippen LogP contribution is 2.15. The molecule has 0 bridgehead atoms. The molecule has 7 nitrogen and oxygen atoms in total. The molecule has 0 aromatic rings. The summed E-state index contributed by atoms with van der Waals surface area (Å²) >= 11 is 0. The fraction of sp³-hybridized carbons (Fsp3) is 0.769. The molecule has 2 atom stereocenters. The molecule has 1 fully saturated rings. The van der Waals surface area contributed by atoms with Crippen LogP contribution in [0.1, 0.15) is 27.2 Å². The van der Waals surface area contributed by atoms with Gasteiger partial charge in [0.05, 0.1) is 25.7 Å². The zero-order valence-corrected chi connectivity index (χ0v) is 12.1. The molecule has 0 spiro atoms. The van der Waals surface area contributed by atoms with Gasteiger partial charge in [0.25, 0.3) is 0 Å². The third-order valence-corrected chi connectivity index (χ3v) is 3.21. The van der Waals surface area contributed by atoms with E-state index in [1.807, 2.05) is 13.8 Å². The summed E-state index contributed by atoms with van der Waals surface area (Å²) in [5, 5.41) is 11.5. The average Bonchev–Trinajstić information content (AvgIpc) is 2.34. The van der Waals surface area contributed by atoms with E-state index in [1.54, 1.807) is 0 Å². The van der Waals surface area contributed by atoms with Crippen molar-refractivity contribution in [3.63, 3.8) is 0 Å². The van der Waals surface area contributed by atoms with Crippen molar-refractivity contribution in [1.29, 1.82) is 0 Å². The van der Waals surface area contributed by atoms with Crippen molar-refractivity contribution < 1.29 is 24.2 Å². The van der Waals surface area contributed by atoms with Gasteiger partial charge in [-0.05, 0) is 5.92 Å². The number of nitrogens with one attached hydrogen (secondary N) is 1. The summed E-state index contributed by atoms with van der Waals surface area (Å²) in [6.45, 7) is 5.97. The number of carboxylic acids is 1. The smallest absolute Gasteiger partial charge is 0.305 e. The Labute approximate surface area is 118 Å². The molecule has 1 rings (SSSR count). The minimum absolute atomic E-state index is 0.0697. The van der Waals surface area contributed by atoms with Crippen LogP contribution in [0, 0.1) is 5.92 Å². The lowest BCUT2D eigenvalue weighted by Crippen LogP contribution is -2.57. The molecule has 2 N–H and O–H groups in total. The van der Waals surface area contributed by atoms with Gasteiger partial charge in [0.15, 0.2) is 0 Å². The summed E-state index contributed by atoms with van der Waals surface area (Å²) in [4.78, 5) is 36.1. The Morgan fingerprint density at radius 3 is 2.55 bits per heavy atom. The lowest BCUT2D eigenvalue weighted by Gasteiger charge is -2.38. The van der Waals surface area contributed by atoms with Crippen LogP contribution in [0.3, 0.4) is 0 Å². The zero-order valence-electron chi connectivity index (χ0n) is 12.1. The van der Waals surface area contributed by atoms with Gasteiger partial charge < -0.3 is 20.1 Å². The Morgan fingerprint density at radius 1 is 1.40 bits per heavy atom. The maximum Gasteiger partial charge on any atom is 0.305 e. The van der Waals surface area contributed by atoms with E-state index in [2.05, 4.69) is 5.32 Å². The van der Waals surface area contributed by atoms with Crippen LogP contribution in [0.5, 0.6) is 0 Å². The van der Waals surface area contributed by atoms with Gasteiger partial charge >= 0.3 is 5.97 Å². The highest BCUT2D eigenvalue weighted by molar-refractivity contribution is 5.87. The molecule has 7 heteroatoms. The van der Waals surface area contributed by atoms with Gasteiger partial charge in [0.1, 0.15) is 6.04 Å². The standard InChI is InChI=1S/C13H22N2O5/c1-8(2)12(14-9(3)16)13(19)15-4-5-20-7-10(15)6-11(17)18/h8,10,12H,4-7H2,1-3H3,(H,14,16)(H,17,18). The number of aliphatic carboxylic acids is 1. The second-order valence-electron chi connectivity index (χ2n) is 5.28. The molecular weight excluding hydrogens is 264 g/mol. The Morgan fingerprint density at radius 2 is 2.05 bits per heavy atom. The zero-order chi connectivity index (χ0) is 15.3. The van der Waals surface area contributed by atoms with Crippen LogP contribution in [0.15, 0.2) is 0 Å². The Balaban J connectivity index is 2.83. The molecule has 0 aromatic heterocycles. The summed E-state index contributed by atoms with van der Waals surface area (Å²) in [6, 6.07) is -1.12. The summed E-state index contributed by atoms with van der Waals surface area (Å²) in [5.41, 5.74) is 0. The third-order valence-electron chi connectivity index (χ3n) is 3.21. The minimum Gasteiger partial charge on any atom is -0.481 e. The molecule has 1 aliphatic rings. The van der Waals surface area contributed by atoms with Crippen LogP contribution in [-0.2, 0) is 19.1 Å². The SMILES string of the molecule is CC(=O)NC(C(=O)N1CCOCC1CC(=O)O)C(C)C. The highest BCUT2D eigenvalue weighted by Gasteiger charge is 2.34. The van der Waals surface area contributed by atoms with Crippen LogP contribution < -0.4 is 5.32 Å². The van der Waals surface area contributed by atoms with Crippen molar-refractivity contribution in [3.8, 4) is 0 Å². The number of morpholine rings is 1. The lowest BCUT2D eigenvalue weighted by molar-refractivity contribution is -0.149. The first kappa shape index (κ1) is 16.4. The lowest BCUT2D eigenvalue weighted by atomic mass is 10.0. The van der Waals surface area contributed by atoms with Gasteiger partial charge in [-0.15, -0.1) is 0 Å². The molecule has 2 unspecified atom stereocenters. The van der Waals surface area contributed by atoms with E-state index in [4.69, 9.17) is 9.84 Å². The summed E-state index contributed by atoms with van der Waals surface area (Å²) in [7, 11) is 0. The van der Waals surface area contributed by atoms with E-state index >= 15 is 0 Å². The van der Waals surface area contributed by atoms with Gasteiger partial charge in [-0.25, -0.2) is 0 Å². The highest BCUT2D eigenvalue weighted by atomic mass is 16.5. The van der Waals surface area contributed by atoms with Crippen LogP contribution >= 0.6 is 0 Å². The van der Waals surface area contributed by atoms with Gasteiger partial charge in [-0.1, -0.05) is 13.8 Å². The molecule has 0 radical (unpaired) electrons. The molecule has 1 aliphatic heterocycles. The maximum atomic E-state index is 12.5. The maximum absolute atomic E-state index is 12.5. The van der Waals surface area contributed by atoms with E-state index in [-0.39, 0.29) is 30.8 Å². The van der Waals surface area contributed by atoms with Gasteiger partial charge in [-0.2, -0.15) is 0 Å². The van der Waals surface area contributed by atoms with E-state index < -0.39 is 18.1 Å². The first-order valence-corrected chi connectivity index (χ1v) is 6.70. The number of hydrogen-bond donors (Lipinski definition) is 2. The molecular formula is C13H22N2O5. The van der Waals surface area contributed by atoms with Crippen LogP contribution in [0.25, 0.3) is 0 Å². The van der Waals surface area contributed by atoms with Crippen molar-refractivity contribution in [1.82, 2.24) is 10.2 Å². The Hall–Kier alpha value is -1.63. The topological polar surface area (TPSA) is 95.9 Å². The van der Waals surface area contributed by atoms with Gasteiger partial charge in [-0.3, -0.25) is 14.4 Å². The van der Waals surface area contributed by atoms with Crippen molar-refractivity contribution in [2.24, 2.45) is 5.92 Å². The number of carbonyl (C=O) groups is 3. The van der Waals surface area contributed by atoms with Crippen molar-refractivity contribution in [3.05, 3.63) is 0 Å². The predicted octanol–water partition coefficient (Wildman–Crippen LogP) is -0.151. The fourth-order valence-electron chi connectivity index (χ4n) is 2.23. The number of amides is 2. The molecule has 1 saturated heterocycles. The predicted molar refractivity (Wildman–Crippen MR) is 71.0 cm³/mol. The van der Waals surface area contributed by atoms with Crippen molar-refractivity contribution in [2.45, 2.75) is 39.3 Å². The van der Waals surface area contributed by atoms with Gasteiger partial charge in [0.2, 0.25) is 11.8 Å². The summed E-state index contributed by atoms with van der Waals surface area (Å²) in [5.74, 6) is -1.57. The van der Waals surface area contributed by atoms with E-state index in [1.165, 1.54) is 11.8 Å². The monoisotopic (exact) mass is 286 g/mol. The van der Waals surface area contributed by atoms with Crippen molar-refractivity contribution in [2.75, 3.05) is 19.8 Å². The van der Waals surface area contributed by atoms with E-state index in [0.717, 1.165) is 0 Å². The number of carboxylic acid groups (broad SMARTS) is 1. The van der Waals surface area contributed by atoms with Crippen molar-refractivity contribution >= 4 is 17.8 Å². The quantitative estimate of drug-likeness (QED) is 0.732. The molecule has 0 saturated carbocycles. The second kappa shape index (κ2) is 7.23. The van der Waals surface area contributed by atoms with E-state index in [9.17, 15) is 14.4 Å². The number of nitrogens with zero attached hydrogens (tertiary/aromatic N) is 1. The molecule has 2 amide bonds. The minimum atomic E-state index is -0.973. The van der Waals surface area contributed by atoms with Gasteiger partial charge in [0, 0.05) is 13.5 Å². The fourth-order valence-corrected chi connectivity index (χ4v) is 2.23. The second-order valence-corrected chi connectivity index (χ2v) is 5.28. The normalized spacial score (nSPS) is 20.6. The number of hydrogen-bond acceptors (Lipinski definition) is 4. The molecule has 114 valence electrons. The van der Waals surface area contributed by atoms with Crippen LogP contribution in [0.4, 0.5) is 0 Å². The molecule has 0 aromatic carbocycles. The molecule has 20 heavy (non-hydrogen) atoms. The van der Waals surface area contributed by atoms with Crippen LogP contribution in [0.2, 0.25) is 0 Å². The summed E-state index contributed by atoms with van der Waals surface area (Å²) < 4.78 is 5.24. The largest absolute Gasteiger partial charge is 0.481 e. The number of carbonyl (C=O) groups excluding carboxylic acids is 2. The van der Waals surface area contributed by atoms with Crippen LogP contribution in [-0.4, -0.2) is 59.6 Å². The number of ether oxygens (including phenoxy) is 1. The molecule has 1 heterocycles. The molecule has 0 aliphatic carbocycles. The summed E-state index contributed by atoms with van der Waals surface area (Å²) in [6.07, 6.45) is -0.156. The number of rotatable bonds is 5. The third kappa shape index (κ3) is 4.48. The van der Waals surface area contributed by atoms with E-state index in [0.29, 0.717) is 13.2 Å². The first-order valence-electron chi connectivity index (χ1n) is 6.70. The Kier molecular flexibility index (Phi) is 5.94. The first-order chi connectivity index (χ1) is 9.32.